The Balaban J connectivity index is 2.65. The molecule has 0 aliphatic rings. The van der Waals surface area contributed by atoms with E-state index in [1.54, 1.807) is 18.3 Å². The van der Waals surface area contributed by atoms with Gasteiger partial charge in [0.15, 0.2) is 17.1 Å². The summed E-state index contributed by atoms with van der Waals surface area (Å²) < 4.78 is 1.52. The molecule has 0 atom stereocenters. The van der Waals surface area contributed by atoms with Gasteiger partial charge >= 0.3 is 0 Å². The highest BCUT2D eigenvalue weighted by molar-refractivity contribution is 6.33. The Hall–Kier alpha value is -2.01. The lowest BCUT2D eigenvalue weighted by Crippen LogP contribution is -1.97. The van der Waals surface area contributed by atoms with Crippen LogP contribution >= 0.6 is 11.6 Å². The second-order valence-electron chi connectivity index (χ2n) is 3.25. The van der Waals surface area contributed by atoms with Crippen LogP contribution in [0.4, 0.5) is 0 Å². The van der Waals surface area contributed by atoms with Crippen molar-refractivity contribution in [2.75, 3.05) is 0 Å². The van der Waals surface area contributed by atoms with Gasteiger partial charge in [0.05, 0.1) is 5.56 Å². The first-order valence-corrected chi connectivity index (χ1v) is 4.91. The summed E-state index contributed by atoms with van der Waals surface area (Å²) in [5.74, 6) is 0. The maximum atomic E-state index is 10.9. The van der Waals surface area contributed by atoms with Gasteiger partial charge in [-0.2, -0.15) is 5.10 Å². The minimum absolute atomic E-state index is 0.338. The summed E-state index contributed by atoms with van der Waals surface area (Å²) in [5.41, 5.74) is 1.62. The van der Waals surface area contributed by atoms with Gasteiger partial charge in [-0.05, 0) is 12.1 Å². The molecule has 3 rings (SSSR count). The summed E-state index contributed by atoms with van der Waals surface area (Å²) in [7, 11) is 0. The molecule has 78 valence electrons. The molecule has 5 nitrogen and oxygen atoms in total. The second-order valence-corrected chi connectivity index (χ2v) is 3.61. The number of aromatic nitrogens is 4. The van der Waals surface area contributed by atoms with Gasteiger partial charge in [0.1, 0.15) is 11.8 Å². The molecule has 3 aromatic heterocycles. The summed E-state index contributed by atoms with van der Waals surface area (Å²) in [4.78, 5) is 18.9. The molecule has 3 aromatic rings. The number of fused-ring (bicyclic) bond motifs is 3. The molecule has 3 heterocycles. The Morgan fingerprint density at radius 1 is 1.38 bits per heavy atom. The van der Waals surface area contributed by atoms with Crippen molar-refractivity contribution in [1.29, 1.82) is 0 Å². The zero-order valence-electron chi connectivity index (χ0n) is 7.96. The van der Waals surface area contributed by atoms with E-state index in [9.17, 15) is 4.79 Å². The Bertz CT molecular complexity index is 706. The van der Waals surface area contributed by atoms with Gasteiger partial charge in [0, 0.05) is 11.6 Å². The first-order valence-electron chi connectivity index (χ1n) is 4.53. The molecular formula is C10H5ClN4O. The predicted molar refractivity (Wildman–Crippen MR) is 58.7 cm³/mol. The molecular weight excluding hydrogens is 228 g/mol. The van der Waals surface area contributed by atoms with Crippen LogP contribution in [0.2, 0.25) is 5.15 Å². The Morgan fingerprint density at radius 2 is 2.25 bits per heavy atom. The zero-order chi connectivity index (χ0) is 11.1. The summed E-state index contributed by atoms with van der Waals surface area (Å²) in [6.07, 6.45) is 3.71. The standard InChI is InChI=1S/C10H5ClN4O/c11-9-8-6(1-2-12-9)3-7(4-16)10-13-5-14-15(8)10/h1-5H. The third-order valence-electron chi connectivity index (χ3n) is 2.37. The van der Waals surface area contributed by atoms with Crippen LogP contribution in [-0.4, -0.2) is 25.9 Å². The lowest BCUT2D eigenvalue weighted by molar-refractivity contribution is 0.112. The van der Waals surface area contributed by atoms with Crippen LogP contribution in [0, 0.1) is 0 Å². The normalized spacial score (nSPS) is 11.1. The van der Waals surface area contributed by atoms with Crippen LogP contribution < -0.4 is 0 Å². The molecule has 0 radical (unpaired) electrons. The highest BCUT2D eigenvalue weighted by Crippen LogP contribution is 2.23. The van der Waals surface area contributed by atoms with Crippen molar-refractivity contribution in [3.8, 4) is 0 Å². The van der Waals surface area contributed by atoms with Crippen molar-refractivity contribution < 1.29 is 4.79 Å². The number of rotatable bonds is 1. The van der Waals surface area contributed by atoms with Gasteiger partial charge in [0.2, 0.25) is 0 Å². The lowest BCUT2D eigenvalue weighted by Gasteiger charge is -2.03. The molecule has 0 saturated carbocycles. The molecule has 6 heteroatoms. The monoisotopic (exact) mass is 232 g/mol. The summed E-state index contributed by atoms with van der Waals surface area (Å²) in [6.45, 7) is 0. The fourth-order valence-corrected chi connectivity index (χ4v) is 1.93. The second kappa shape index (κ2) is 3.24. The number of aldehydes is 1. The van der Waals surface area contributed by atoms with Crippen molar-refractivity contribution in [2.24, 2.45) is 0 Å². The molecule has 0 aliphatic carbocycles. The molecule has 0 N–H and O–H groups in total. The number of carbonyl (C=O) groups excluding carboxylic acids is 1. The van der Waals surface area contributed by atoms with Crippen molar-refractivity contribution in [2.45, 2.75) is 0 Å². The Morgan fingerprint density at radius 3 is 3.06 bits per heavy atom. The van der Waals surface area contributed by atoms with Crippen molar-refractivity contribution in [1.82, 2.24) is 19.6 Å². The summed E-state index contributed by atoms with van der Waals surface area (Å²) in [6, 6.07) is 3.50. The van der Waals surface area contributed by atoms with E-state index in [4.69, 9.17) is 11.6 Å². The summed E-state index contributed by atoms with van der Waals surface area (Å²) >= 11 is 6.00. The summed E-state index contributed by atoms with van der Waals surface area (Å²) in [5, 5.41) is 5.18. The van der Waals surface area contributed by atoms with Gasteiger partial charge in [0.25, 0.3) is 0 Å². The minimum atomic E-state index is 0.338. The first-order chi connectivity index (χ1) is 7.81. The van der Waals surface area contributed by atoms with E-state index in [-0.39, 0.29) is 0 Å². The molecule has 0 saturated heterocycles. The quantitative estimate of drug-likeness (QED) is 0.474. The third-order valence-corrected chi connectivity index (χ3v) is 2.64. The lowest BCUT2D eigenvalue weighted by atomic mass is 10.2. The van der Waals surface area contributed by atoms with E-state index in [1.807, 2.05) is 0 Å². The van der Waals surface area contributed by atoms with Gasteiger partial charge < -0.3 is 0 Å². The smallest absolute Gasteiger partial charge is 0.166 e. The van der Waals surface area contributed by atoms with Crippen molar-refractivity contribution in [3.63, 3.8) is 0 Å². The van der Waals surface area contributed by atoms with E-state index in [1.165, 1.54) is 10.8 Å². The molecule has 0 aromatic carbocycles. The highest BCUT2D eigenvalue weighted by atomic mass is 35.5. The average molecular weight is 233 g/mol. The first kappa shape index (κ1) is 9.23. The minimum Gasteiger partial charge on any atom is -0.298 e. The Labute approximate surface area is 94.7 Å². The number of hydrogen-bond donors (Lipinski definition) is 0. The van der Waals surface area contributed by atoms with Crippen LogP contribution in [-0.2, 0) is 0 Å². The maximum absolute atomic E-state index is 10.9. The largest absolute Gasteiger partial charge is 0.298 e. The zero-order valence-corrected chi connectivity index (χ0v) is 8.72. The van der Waals surface area contributed by atoms with E-state index in [2.05, 4.69) is 15.1 Å². The van der Waals surface area contributed by atoms with Gasteiger partial charge in [-0.1, -0.05) is 11.6 Å². The average Bonchev–Trinajstić information content (AvgIpc) is 2.76. The van der Waals surface area contributed by atoms with Gasteiger partial charge in [-0.3, -0.25) is 4.79 Å². The van der Waals surface area contributed by atoms with Gasteiger partial charge in [-0.15, -0.1) is 0 Å². The maximum Gasteiger partial charge on any atom is 0.166 e. The molecule has 0 spiro atoms. The van der Waals surface area contributed by atoms with E-state index in [0.717, 1.165) is 11.7 Å². The fraction of sp³-hybridized carbons (Fsp3) is 0. The number of halogens is 1. The third kappa shape index (κ3) is 1.12. The van der Waals surface area contributed by atoms with E-state index >= 15 is 0 Å². The topological polar surface area (TPSA) is 60.2 Å². The number of hydrogen-bond acceptors (Lipinski definition) is 4. The van der Waals surface area contributed by atoms with Crippen LogP contribution in [0.15, 0.2) is 24.7 Å². The molecule has 0 fully saturated rings. The Kier molecular flexibility index (Phi) is 1.87. The molecule has 0 bridgehead atoms. The van der Waals surface area contributed by atoms with Crippen LogP contribution in [0.3, 0.4) is 0 Å². The molecule has 16 heavy (non-hydrogen) atoms. The van der Waals surface area contributed by atoms with Gasteiger partial charge in [-0.25, -0.2) is 14.5 Å². The van der Waals surface area contributed by atoms with Crippen LogP contribution in [0.5, 0.6) is 0 Å². The van der Waals surface area contributed by atoms with Crippen LogP contribution in [0.1, 0.15) is 10.4 Å². The highest BCUT2D eigenvalue weighted by Gasteiger charge is 2.10. The van der Waals surface area contributed by atoms with E-state index in [0.29, 0.717) is 21.9 Å². The molecule has 0 unspecified atom stereocenters. The van der Waals surface area contributed by atoms with E-state index < -0.39 is 0 Å². The molecule has 0 amide bonds. The predicted octanol–water partition coefficient (Wildman–Crippen LogP) is 1.74. The fourth-order valence-electron chi connectivity index (χ4n) is 1.69. The van der Waals surface area contributed by atoms with Crippen molar-refractivity contribution in [3.05, 3.63) is 35.4 Å². The number of carbonyl (C=O) groups is 1. The SMILES string of the molecule is O=Cc1cc2ccnc(Cl)c2n2ncnc12. The number of pyridine rings is 2. The molecule has 0 aliphatic heterocycles. The number of nitrogens with zero attached hydrogens (tertiary/aromatic N) is 4. The van der Waals surface area contributed by atoms with Crippen molar-refractivity contribution >= 4 is 34.4 Å². The van der Waals surface area contributed by atoms with Crippen LogP contribution in [0.25, 0.3) is 16.6 Å².